The Morgan fingerprint density at radius 2 is 1.79 bits per heavy atom. The predicted octanol–water partition coefficient (Wildman–Crippen LogP) is 4.32. The molecule has 0 spiro atoms. The van der Waals surface area contributed by atoms with Crippen molar-refractivity contribution in [3.05, 3.63) is 53.9 Å². The van der Waals surface area contributed by atoms with E-state index in [1.807, 2.05) is 0 Å². The molecule has 0 saturated heterocycles. The number of aryl methyl sites for hydroxylation is 1. The minimum absolute atomic E-state index is 0.151. The fraction of sp³-hybridized carbons (Fsp3) is 0.238. The highest BCUT2D eigenvalue weighted by molar-refractivity contribution is 7.19. The number of carboxylic acid groups (broad SMARTS) is 1. The van der Waals surface area contributed by atoms with Crippen molar-refractivity contribution in [2.45, 2.75) is 12.8 Å². The Hall–Kier alpha value is -3.80. The number of anilines is 3. The van der Waals surface area contributed by atoms with E-state index < -0.39 is 29.2 Å². The molecule has 12 heteroatoms. The van der Waals surface area contributed by atoms with Crippen molar-refractivity contribution in [2.24, 2.45) is 7.05 Å². The summed E-state index contributed by atoms with van der Waals surface area (Å²) >= 11 is 0.665. The van der Waals surface area contributed by atoms with Crippen LogP contribution in [0.25, 0.3) is 10.6 Å². The molecule has 0 aliphatic carbocycles. The normalized spacial score (nSPS) is 13.6. The Bertz CT molecular complexity index is 1210. The molecule has 172 valence electrons. The van der Waals surface area contributed by atoms with Crippen molar-refractivity contribution in [1.82, 2.24) is 14.8 Å². The molecule has 3 N–H and O–H groups in total. The van der Waals surface area contributed by atoms with Crippen LogP contribution in [0.15, 0.2) is 36.5 Å². The van der Waals surface area contributed by atoms with E-state index in [1.165, 1.54) is 12.3 Å². The maximum absolute atomic E-state index is 14.3. The van der Waals surface area contributed by atoms with Crippen LogP contribution in [0.5, 0.6) is 0 Å². The number of hydrogen-bond donors (Lipinski definition) is 3. The number of benzene rings is 1. The van der Waals surface area contributed by atoms with E-state index in [0.29, 0.717) is 22.8 Å². The number of amides is 2. The van der Waals surface area contributed by atoms with Crippen LogP contribution < -0.4 is 15.5 Å². The summed E-state index contributed by atoms with van der Waals surface area (Å²) in [5.74, 6) is -1.79. The summed E-state index contributed by atoms with van der Waals surface area (Å²) in [5.41, 5.74) is -0.321. The number of aromatic nitrogens is 3. The molecule has 0 atom stereocenters. The van der Waals surface area contributed by atoms with Gasteiger partial charge in [0.2, 0.25) is 0 Å². The second kappa shape index (κ2) is 9.36. The van der Waals surface area contributed by atoms with Crippen LogP contribution in [0, 0.1) is 11.6 Å². The molecule has 0 fully saturated rings. The van der Waals surface area contributed by atoms with Gasteiger partial charge in [-0.2, -0.15) is 5.10 Å². The van der Waals surface area contributed by atoms with E-state index in [1.54, 1.807) is 11.7 Å². The van der Waals surface area contributed by atoms with Gasteiger partial charge in [-0.05, 0) is 25.0 Å². The zero-order valence-electron chi connectivity index (χ0n) is 17.5. The Morgan fingerprint density at radius 1 is 1.12 bits per heavy atom. The molecule has 0 saturated carbocycles. The molecule has 3 aromatic rings. The van der Waals surface area contributed by atoms with Crippen molar-refractivity contribution in [1.29, 1.82) is 0 Å². The van der Waals surface area contributed by atoms with Crippen molar-refractivity contribution in [2.75, 3.05) is 28.6 Å². The van der Waals surface area contributed by atoms with Crippen LogP contribution in [-0.4, -0.2) is 45.0 Å². The fourth-order valence-corrected chi connectivity index (χ4v) is 4.56. The lowest BCUT2D eigenvalue weighted by Crippen LogP contribution is -2.28. The molecule has 33 heavy (non-hydrogen) atoms. The van der Waals surface area contributed by atoms with Gasteiger partial charge in [0.25, 0.3) is 5.91 Å². The Kier molecular flexibility index (Phi) is 6.36. The second-order valence-electron chi connectivity index (χ2n) is 7.22. The maximum atomic E-state index is 14.3. The molecule has 2 aromatic heterocycles. The Balaban J connectivity index is 1.68. The molecule has 2 amide bonds. The highest BCUT2D eigenvalue weighted by Crippen LogP contribution is 2.36. The summed E-state index contributed by atoms with van der Waals surface area (Å²) in [6.07, 6.45) is 5.92. The van der Waals surface area contributed by atoms with Gasteiger partial charge in [-0.3, -0.25) is 14.8 Å². The second-order valence-corrected chi connectivity index (χ2v) is 8.22. The number of carbonyl (C=O) groups excluding carboxylic acids is 1. The van der Waals surface area contributed by atoms with Gasteiger partial charge in [-0.15, -0.1) is 0 Å². The number of nitrogens with zero attached hydrogens (tertiary/aromatic N) is 4. The summed E-state index contributed by atoms with van der Waals surface area (Å²) in [6, 6.07) is 3.32. The third-order valence-electron chi connectivity index (χ3n) is 4.99. The van der Waals surface area contributed by atoms with Gasteiger partial charge >= 0.3 is 6.09 Å². The van der Waals surface area contributed by atoms with Crippen molar-refractivity contribution < 1.29 is 23.5 Å². The van der Waals surface area contributed by atoms with Gasteiger partial charge < -0.3 is 15.3 Å². The molecule has 0 bridgehead atoms. The van der Waals surface area contributed by atoms with E-state index in [-0.39, 0.29) is 15.7 Å². The van der Waals surface area contributed by atoms with Gasteiger partial charge in [0.1, 0.15) is 27.3 Å². The van der Waals surface area contributed by atoms with Gasteiger partial charge in [0.15, 0.2) is 11.5 Å². The van der Waals surface area contributed by atoms with E-state index >= 15 is 0 Å². The Morgan fingerprint density at radius 3 is 2.42 bits per heavy atom. The first-order valence-electron chi connectivity index (χ1n) is 10.0. The van der Waals surface area contributed by atoms with Crippen LogP contribution in [0.3, 0.4) is 0 Å². The van der Waals surface area contributed by atoms with Crippen LogP contribution >= 0.6 is 11.3 Å². The smallest absolute Gasteiger partial charge is 0.409 e. The third kappa shape index (κ3) is 4.70. The van der Waals surface area contributed by atoms with E-state index in [0.717, 1.165) is 38.1 Å². The lowest BCUT2D eigenvalue weighted by Gasteiger charge is -2.23. The highest BCUT2D eigenvalue weighted by Gasteiger charge is 2.26. The van der Waals surface area contributed by atoms with E-state index in [2.05, 4.69) is 37.8 Å². The molecule has 9 nitrogen and oxygen atoms in total. The van der Waals surface area contributed by atoms with Gasteiger partial charge in [-0.1, -0.05) is 29.6 Å². The molecular weight excluding hydrogens is 454 g/mol. The first kappa shape index (κ1) is 22.4. The molecule has 1 aromatic carbocycles. The molecule has 1 aliphatic rings. The standard InChI is InChI=1S/C21H20F2N6O3S/c1-28-20(29-9-4-2-3-5-10-29)14(11-24-28)25-17(30)16-19(27-21(31)32)33-18(26-16)15-12(22)7-6-8-13(15)23/h2-3,6-8,11,27H,4-5,9-10H2,1H3,(H,25,30)(H,31,32). The molecule has 1 aliphatic heterocycles. The summed E-state index contributed by atoms with van der Waals surface area (Å²) in [5, 5.41) is 17.9. The van der Waals surface area contributed by atoms with Gasteiger partial charge in [0.05, 0.1) is 11.8 Å². The minimum atomic E-state index is -1.44. The number of carbonyl (C=O) groups is 2. The summed E-state index contributed by atoms with van der Waals surface area (Å²) < 4.78 is 30.1. The average Bonchev–Trinajstić information content (AvgIpc) is 3.20. The summed E-state index contributed by atoms with van der Waals surface area (Å²) in [4.78, 5) is 30.5. The fourth-order valence-electron chi connectivity index (χ4n) is 3.56. The number of halogens is 2. The van der Waals surface area contributed by atoms with E-state index in [4.69, 9.17) is 5.11 Å². The van der Waals surface area contributed by atoms with Gasteiger partial charge in [0, 0.05) is 20.1 Å². The van der Waals surface area contributed by atoms with Crippen LogP contribution in [0.4, 0.5) is 30.1 Å². The topological polar surface area (TPSA) is 112 Å². The monoisotopic (exact) mass is 474 g/mol. The van der Waals surface area contributed by atoms with Crippen molar-refractivity contribution in [3.63, 3.8) is 0 Å². The number of nitrogens with one attached hydrogen (secondary N) is 2. The average molecular weight is 474 g/mol. The minimum Gasteiger partial charge on any atom is -0.465 e. The van der Waals surface area contributed by atoms with Crippen LogP contribution in [0.1, 0.15) is 23.3 Å². The highest BCUT2D eigenvalue weighted by atomic mass is 32.1. The SMILES string of the molecule is Cn1ncc(NC(=O)c2nc(-c3c(F)cccc3F)sc2NC(=O)O)c1N1CCC=CCC1. The third-order valence-corrected chi connectivity index (χ3v) is 5.98. The number of thiazole rings is 1. The maximum Gasteiger partial charge on any atom is 0.409 e. The van der Waals surface area contributed by atoms with Gasteiger partial charge in [-0.25, -0.2) is 18.6 Å². The number of rotatable bonds is 5. The largest absolute Gasteiger partial charge is 0.465 e. The van der Waals surface area contributed by atoms with E-state index in [9.17, 15) is 18.4 Å². The first-order chi connectivity index (χ1) is 15.8. The number of hydrogen-bond acceptors (Lipinski definition) is 6. The van der Waals surface area contributed by atoms with Crippen molar-refractivity contribution in [3.8, 4) is 10.6 Å². The quantitative estimate of drug-likeness (QED) is 0.475. The molecular formula is C21H20F2N6O3S. The molecule has 4 rings (SSSR count). The summed E-state index contributed by atoms with van der Waals surface area (Å²) in [7, 11) is 1.75. The lowest BCUT2D eigenvalue weighted by molar-refractivity contribution is 0.102. The zero-order valence-corrected chi connectivity index (χ0v) is 18.3. The Labute approximate surface area is 191 Å². The molecule has 3 heterocycles. The molecule has 0 unspecified atom stereocenters. The predicted molar refractivity (Wildman–Crippen MR) is 121 cm³/mol. The van der Waals surface area contributed by atoms with Crippen LogP contribution in [-0.2, 0) is 7.05 Å². The zero-order chi connectivity index (χ0) is 23.5. The first-order valence-corrected chi connectivity index (χ1v) is 10.8. The summed E-state index contributed by atoms with van der Waals surface area (Å²) in [6.45, 7) is 1.47. The lowest BCUT2D eigenvalue weighted by atomic mass is 10.2. The molecule has 0 radical (unpaired) electrons. The van der Waals surface area contributed by atoms with Crippen LogP contribution in [0.2, 0.25) is 0 Å². The van der Waals surface area contributed by atoms with Crippen molar-refractivity contribution >= 4 is 39.8 Å².